The van der Waals surface area contributed by atoms with Crippen molar-refractivity contribution in [2.75, 3.05) is 33.4 Å². The number of carbonyl (C=O) groups excluding carboxylic acids is 2. The summed E-state index contributed by atoms with van der Waals surface area (Å²) in [6, 6.07) is 17.0. The van der Waals surface area contributed by atoms with E-state index < -0.39 is 0 Å². The summed E-state index contributed by atoms with van der Waals surface area (Å²) in [5, 5.41) is 2.09. The molecule has 1 aromatic heterocycles. The Kier molecular flexibility index (Phi) is 7.28. The van der Waals surface area contributed by atoms with Gasteiger partial charge in [0.05, 0.1) is 13.2 Å². The van der Waals surface area contributed by atoms with Crippen LogP contribution in [0.5, 0.6) is 11.5 Å². The summed E-state index contributed by atoms with van der Waals surface area (Å²) < 4.78 is 11.5. The van der Waals surface area contributed by atoms with Crippen LogP contribution < -0.4 is 9.47 Å². The quantitative estimate of drug-likeness (QED) is 0.406. The van der Waals surface area contributed by atoms with Crippen molar-refractivity contribution in [3.05, 3.63) is 81.5 Å². The van der Waals surface area contributed by atoms with Crippen LogP contribution in [0.25, 0.3) is 0 Å². The molecule has 0 spiro atoms. The molecule has 2 heterocycles. The van der Waals surface area contributed by atoms with Crippen molar-refractivity contribution in [3.8, 4) is 11.5 Å². The second-order valence-electron chi connectivity index (χ2n) is 9.64. The van der Waals surface area contributed by atoms with Crippen molar-refractivity contribution in [3.63, 3.8) is 0 Å². The number of hydrogen-bond donors (Lipinski definition) is 0. The first kappa shape index (κ1) is 24.4. The van der Waals surface area contributed by atoms with Crippen LogP contribution in [0.1, 0.15) is 45.2 Å². The Labute approximate surface area is 216 Å². The van der Waals surface area contributed by atoms with E-state index in [0.717, 1.165) is 30.6 Å². The maximum Gasteiger partial charge on any atom is 0.254 e. The van der Waals surface area contributed by atoms with Crippen LogP contribution >= 0.6 is 11.3 Å². The zero-order valence-electron chi connectivity index (χ0n) is 20.8. The molecule has 0 bridgehead atoms. The summed E-state index contributed by atoms with van der Waals surface area (Å²) in [6.07, 6.45) is 3.03. The smallest absolute Gasteiger partial charge is 0.254 e. The van der Waals surface area contributed by atoms with Gasteiger partial charge in [-0.3, -0.25) is 9.59 Å². The maximum absolute atomic E-state index is 13.7. The first-order valence-corrected chi connectivity index (χ1v) is 13.4. The highest BCUT2D eigenvalue weighted by molar-refractivity contribution is 7.10. The van der Waals surface area contributed by atoms with Gasteiger partial charge < -0.3 is 19.3 Å². The number of benzene rings is 2. The largest absolute Gasteiger partial charge is 0.497 e. The van der Waals surface area contributed by atoms with Gasteiger partial charge in [-0.2, -0.15) is 0 Å². The lowest BCUT2D eigenvalue weighted by molar-refractivity contribution is -0.135. The highest BCUT2D eigenvalue weighted by atomic mass is 32.1. The second kappa shape index (κ2) is 10.7. The number of rotatable bonds is 9. The van der Waals surface area contributed by atoms with E-state index in [-0.39, 0.29) is 24.4 Å². The number of thiophene rings is 1. The van der Waals surface area contributed by atoms with Crippen molar-refractivity contribution in [1.82, 2.24) is 9.80 Å². The Balaban J connectivity index is 1.34. The number of hydrogen-bond acceptors (Lipinski definition) is 5. The van der Waals surface area contributed by atoms with Gasteiger partial charge in [0.2, 0.25) is 5.91 Å². The number of carbonyl (C=O) groups is 2. The van der Waals surface area contributed by atoms with E-state index in [1.165, 1.54) is 10.4 Å². The van der Waals surface area contributed by atoms with Gasteiger partial charge in [-0.1, -0.05) is 23.8 Å². The van der Waals surface area contributed by atoms with Crippen LogP contribution in [-0.4, -0.2) is 55.0 Å². The molecule has 1 atom stereocenters. The Morgan fingerprint density at radius 1 is 1.08 bits per heavy atom. The van der Waals surface area contributed by atoms with Crippen LogP contribution in [0.3, 0.4) is 0 Å². The van der Waals surface area contributed by atoms with E-state index in [1.54, 1.807) is 35.5 Å². The van der Waals surface area contributed by atoms with Crippen molar-refractivity contribution in [1.29, 1.82) is 0 Å². The fourth-order valence-corrected chi connectivity index (χ4v) is 5.64. The molecule has 0 saturated heterocycles. The van der Waals surface area contributed by atoms with Crippen LogP contribution in [0.15, 0.2) is 60.0 Å². The van der Waals surface area contributed by atoms with Crippen LogP contribution in [0.4, 0.5) is 0 Å². The van der Waals surface area contributed by atoms with E-state index in [1.807, 2.05) is 48.2 Å². The predicted molar refractivity (Wildman–Crippen MR) is 141 cm³/mol. The number of amides is 2. The highest BCUT2D eigenvalue weighted by Gasteiger charge is 2.35. The van der Waals surface area contributed by atoms with E-state index in [4.69, 9.17) is 9.47 Å². The zero-order chi connectivity index (χ0) is 25.1. The molecule has 1 aliphatic heterocycles. The van der Waals surface area contributed by atoms with Crippen LogP contribution in [0.2, 0.25) is 0 Å². The minimum Gasteiger partial charge on any atom is -0.497 e. The molecule has 6 nitrogen and oxygen atoms in total. The molecule has 2 aliphatic rings. The third-order valence-corrected chi connectivity index (χ3v) is 7.95. The molecule has 5 rings (SSSR count). The van der Waals surface area contributed by atoms with E-state index >= 15 is 0 Å². The molecule has 2 aromatic carbocycles. The normalized spacial score (nSPS) is 16.8. The molecule has 7 heteroatoms. The standard InChI is InChI=1S/C29H32N2O4S/c1-20-6-10-23(11-7-20)35-19-26-25-13-15-36-27(25)12-14-31(26)28(32)18-30(17-21-8-9-21)29(33)22-4-3-5-24(16-22)34-2/h3-7,10-11,13,15-16,21,26H,8-9,12,14,17-19H2,1-2H3/t26-/m0/s1. The Morgan fingerprint density at radius 3 is 2.64 bits per heavy atom. The lowest BCUT2D eigenvalue weighted by atomic mass is 10.00. The van der Waals surface area contributed by atoms with Crippen molar-refractivity contribution in [2.45, 2.75) is 32.2 Å². The topological polar surface area (TPSA) is 59.1 Å². The molecular weight excluding hydrogens is 472 g/mol. The molecule has 2 amide bonds. The van der Waals surface area contributed by atoms with Crippen molar-refractivity contribution in [2.24, 2.45) is 5.92 Å². The summed E-state index contributed by atoms with van der Waals surface area (Å²) in [6.45, 7) is 3.71. The number of ether oxygens (including phenoxy) is 2. The number of methoxy groups -OCH3 is 1. The van der Waals surface area contributed by atoms with E-state index in [9.17, 15) is 9.59 Å². The summed E-state index contributed by atoms with van der Waals surface area (Å²) in [5.41, 5.74) is 2.87. The average Bonchev–Trinajstić information content (AvgIpc) is 3.59. The number of aryl methyl sites for hydroxylation is 1. The molecule has 0 unspecified atom stereocenters. The van der Waals surface area contributed by atoms with Gasteiger partial charge in [-0.15, -0.1) is 11.3 Å². The Morgan fingerprint density at radius 2 is 1.89 bits per heavy atom. The zero-order valence-corrected chi connectivity index (χ0v) is 21.6. The molecule has 0 N–H and O–H groups in total. The second-order valence-corrected chi connectivity index (χ2v) is 10.6. The molecule has 36 heavy (non-hydrogen) atoms. The molecule has 1 saturated carbocycles. The highest BCUT2D eigenvalue weighted by Crippen LogP contribution is 2.35. The lowest BCUT2D eigenvalue weighted by Gasteiger charge is -2.37. The van der Waals surface area contributed by atoms with Gasteiger partial charge in [0.15, 0.2) is 0 Å². The number of fused-ring (bicyclic) bond motifs is 1. The molecule has 1 aliphatic carbocycles. The minimum atomic E-state index is -0.177. The van der Waals surface area contributed by atoms with E-state index in [0.29, 0.717) is 36.9 Å². The summed E-state index contributed by atoms with van der Waals surface area (Å²) in [4.78, 5) is 32.1. The fourth-order valence-electron chi connectivity index (χ4n) is 4.71. The predicted octanol–water partition coefficient (Wildman–Crippen LogP) is 5.12. The van der Waals surface area contributed by atoms with Gasteiger partial charge in [0, 0.05) is 23.5 Å². The van der Waals surface area contributed by atoms with Crippen LogP contribution in [-0.2, 0) is 11.2 Å². The van der Waals surface area contributed by atoms with Crippen molar-refractivity contribution >= 4 is 23.2 Å². The van der Waals surface area contributed by atoms with Gasteiger partial charge in [-0.25, -0.2) is 0 Å². The van der Waals surface area contributed by atoms with Gasteiger partial charge >= 0.3 is 0 Å². The SMILES string of the molecule is COc1cccc(C(=O)N(CC(=O)N2CCc3sccc3[C@@H]2COc2ccc(C)cc2)CC2CC2)c1. The monoisotopic (exact) mass is 504 g/mol. The average molecular weight is 505 g/mol. The fraction of sp³-hybridized carbons (Fsp3) is 0.379. The first-order valence-electron chi connectivity index (χ1n) is 12.5. The number of nitrogens with zero attached hydrogens (tertiary/aromatic N) is 2. The Bertz CT molecular complexity index is 1220. The van der Waals surface area contributed by atoms with Gasteiger partial charge in [0.1, 0.15) is 24.7 Å². The summed E-state index contributed by atoms with van der Waals surface area (Å²) in [5.74, 6) is 1.72. The summed E-state index contributed by atoms with van der Waals surface area (Å²) in [7, 11) is 1.59. The molecule has 0 radical (unpaired) electrons. The summed E-state index contributed by atoms with van der Waals surface area (Å²) >= 11 is 1.73. The lowest BCUT2D eigenvalue weighted by Crippen LogP contribution is -2.48. The van der Waals surface area contributed by atoms with Crippen LogP contribution in [0, 0.1) is 12.8 Å². The molecule has 3 aromatic rings. The maximum atomic E-state index is 13.7. The third-order valence-electron chi connectivity index (χ3n) is 6.95. The minimum absolute atomic E-state index is 0.0405. The van der Waals surface area contributed by atoms with Gasteiger partial charge in [-0.05, 0) is 79.4 Å². The molecule has 188 valence electrons. The van der Waals surface area contributed by atoms with E-state index in [2.05, 4.69) is 11.4 Å². The molecular formula is C29H32N2O4S. The third kappa shape index (κ3) is 5.57. The van der Waals surface area contributed by atoms with Crippen molar-refractivity contribution < 1.29 is 19.1 Å². The first-order chi connectivity index (χ1) is 17.5. The Hall–Kier alpha value is -3.32. The molecule has 1 fully saturated rings. The van der Waals surface area contributed by atoms with Gasteiger partial charge in [0.25, 0.3) is 5.91 Å².